The van der Waals surface area contributed by atoms with Crippen LogP contribution in [0, 0.1) is 24.2 Å². The molecule has 0 bridgehead atoms. The SMILES string of the molecule is Cc1ccc(C(=O)C(C#N)C(=O)c2cccc3c2ccn3C)s1. The van der Waals surface area contributed by atoms with Crippen LogP contribution in [0.4, 0.5) is 0 Å². The van der Waals surface area contributed by atoms with Gasteiger partial charge in [-0.05, 0) is 31.2 Å². The predicted molar refractivity (Wildman–Crippen MR) is 89.7 cm³/mol. The van der Waals surface area contributed by atoms with Gasteiger partial charge < -0.3 is 4.57 Å². The van der Waals surface area contributed by atoms with Gasteiger partial charge in [-0.3, -0.25) is 9.59 Å². The quantitative estimate of drug-likeness (QED) is 0.543. The number of nitrogens with zero attached hydrogens (tertiary/aromatic N) is 2. The maximum atomic E-state index is 12.8. The van der Waals surface area contributed by atoms with E-state index in [9.17, 15) is 14.9 Å². The molecule has 0 saturated heterocycles. The number of hydrogen-bond acceptors (Lipinski definition) is 4. The number of fused-ring (bicyclic) bond motifs is 1. The molecular weight excluding hydrogens is 308 g/mol. The Labute approximate surface area is 137 Å². The van der Waals surface area contributed by atoms with E-state index in [1.54, 1.807) is 18.2 Å². The Kier molecular flexibility index (Phi) is 3.85. The first-order valence-corrected chi connectivity index (χ1v) is 7.93. The van der Waals surface area contributed by atoms with E-state index < -0.39 is 17.5 Å². The second-order valence-electron chi connectivity index (χ2n) is 5.37. The van der Waals surface area contributed by atoms with Crippen LogP contribution in [-0.4, -0.2) is 16.1 Å². The summed E-state index contributed by atoms with van der Waals surface area (Å²) in [5.74, 6) is -2.18. The summed E-state index contributed by atoms with van der Waals surface area (Å²) in [5, 5.41) is 10.1. The third kappa shape index (κ3) is 2.58. The molecular formula is C18H14N2O2S. The first-order valence-electron chi connectivity index (χ1n) is 7.11. The van der Waals surface area contributed by atoms with Gasteiger partial charge in [0, 0.05) is 34.6 Å². The second-order valence-corrected chi connectivity index (χ2v) is 6.65. The molecule has 5 heteroatoms. The molecule has 23 heavy (non-hydrogen) atoms. The highest BCUT2D eigenvalue weighted by Crippen LogP contribution is 2.25. The number of hydrogen-bond donors (Lipinski definition) is 0. The normalized spacial score (nSPS) is 12.0. The van der Waals surface area contributed by atoms with Gasteiger partial charge in [-0.25, -0.2) is 0 Å². The van der Waals surface area contributed by atoms with Crippen LogP contribution in [0.15, 0.2) is 42.6 Å². The van der Waals surface area contributed by atoms with E-state index in [-0.39, 0.29) is 0 Å². The highest BCUT2D eigenvalue weighted by molar-refractivity contribution is 7.14. The zero-order valence-corrected chi connectivity index (χ0v) is 13.6. The van der Waals surface area contributed by atoms with Crippen molar-refractivity contribution in [2.45, 2.75) is 6.92 Å². The van der Waals surface area contributed by atoms with Crippen LogP contribution in [0.1, 0.15) is 24.9 Å². The van der Waals surface area contributed by atoms with Crippen LogP contribution in [0.25, 0.3) is 10.9 Å². The van der Waals surface area contributed by atoms with Crippen molar-refractivity contribution < 1.29 is 9.59 Å². The zero-order valence-electron chi connectivity index (χ0n) is 12.7. The number of carbonyl (C=O) groups is 2. The average molecular weight is 322 g/mol. The van der Waals surface area contributed by atoms with Crippen LogP contribution in [0.5, 0.6) is 0 Å². The van der Waals surface area contributed by atoms with E-state index in [0.29, 0.717) is 10.4 Å². The number of Topliss-reactive ketones (excluding diaryl/α,β-unsaturated/α-hetero) is 2. The van der Waals surface area contributed by atoms with Crippen LogP contribution in [-0.2, 0) is 7.05 Å². The van der Waals surface area contributed by atoms with Crippen molar-refractivity contribution in [3.63, 3.8) is 0 Å². The molecule has 3 aromatic rings. The van der Waals surface area contributed by atoms with Crippen molar-refractivity contribution in [3.8, 4) is 6.07 Å². The molecule has 2 aromatic heterocycles. The van der Waals surface area contributed by atoms with Crippen molar-refractivity contribution in [2.24, 2.45) is 13.0 Å². The average Bonchev–Trinajstić information content (AvgIpc) is 3.14. The summed E-state index contributed by atoms with van der Waals surface area (Å²) in [6, 6.07) is 12.5. The topological polar surface area (TPSA) is 62.9 Å². The van der Waals surface area contributed by atoms with E-state index in [1.165, 1.54) is 11.3 Å². The molecule has 0 N–H and O–H groups in total. The lowest BCUT2D eigenvalue weighted by molar-refractivity contribution is 0.0849. The Hall–Kier alpha value is -2.71. The number of ketones is 2. The maximum Gasteiger partial charge on any atom is 0.197 e. The monoisotopic (exact) mass is 322 g/mol. The lowest BCUT2D eigenvalue weighted by atomic mass is 9.92. The Morgan fingerprint density at radius 2 is 1.96 bits per heavy atom. The molecule has 0 spiro atoms. The minimum Gasteiger partial charge on any atom is -0.351 e. The molecule has 0 aliphatic carbocycles. The van der Waals surface area contributed by atoms with Gasteiger partial charge in [0.25, 0.3) is 0 Å². The van der Waals surface area contributed by atoms with E-state index in [2.05, 4.69) is 0 Å². The summed E-state index contributed by atoms with van der Waals surface area (Å²) in [6.45, 7) is 1.88. The van der Waals surface area contributed by atoms with Crippen LogP contribution in [0.3, 0.4) is 0 Å². The summed E-state index contributed by atoms with van der Waals surface area (Å²) in [5.41, 5.74) is 1.31. The van der Waals surface area contributed by atoms with E-state index in [0.717, 1.165) is 15.8 Å². The third-order valence-corrected chi connectivity index (χ3v) is 4.85. The van der Waals surface area contributed by atoms with Crippen LogP contribution >= 0.6 is 11.3 Å². The lowest BCUT2D eigenvalue weighted by Gasteiger charge is -2.08. The summed E-state index contributed by atoms with van der Waals surface area (Å²) in [6.07, 6.45) is 1.85. The molecule has 1 atom stereocenters. The Morgan fingerprint density at radius 3 is 2.61 bits per heavy atom. The number of benzene rings is 1. The molecule has 1 aromatic carbocycles. The minimum atomic E-state index is -1.31. The van der Waals surface area contributed by atoms with Gasteiger partial charge in [-0.2, -0.15) is 5.26 Å². The maximum absolute atomic E-state index is 12.8. The van der Waals surface area contributed by atoms with Crippen molar-refractivity contribution in [1.82, 2.24) is 4.57 Å². The fourth-order valence-corrected chi connectivity index (χ4v) is 3.46. The van der Waals surface area contributed by atoms with Gasteiger partial charge in [-0.1, -0.05) is 12.1 Å². The number of aromatic nitrogens is 1. The van der Waals surface area contributed by atoms with Gasteiger partial charge >= 0.3 is 0 Å². The van der Waals surface area contributed by atoms with Gasteiger partial charge in [0.05, 0.1) is 10.9 Å². The largest absolute Gasteiger partial charge is 0.351 e. The number of thiophene rings is 1. The van der Waals surface area contributed by atoms with Crippen molar-refractivity contribution >= 4 is 33.8 Å². The molecule has 4 nitrogen and oxygen atoms in total. The Morgan fingerprint density at radius 1 is 1.17 bits per heavy atom. The van der Waals surface area contributed by atoms with Crippen LogP contribution < -0.4 is 0 Å². The first-order chi connectivity index (χ1) is 11.0. The van der Waals surface area contributed by atoms with Gasteiger partial charge in [0.15, 0.2) is 17.5 Å². The van der Waals surface area contributed by atoms with Gasteiger partial charge in [0.2, 0.25) is 0 Å². The zero-order chi connectivity index (χ0) is 16.6. The molecule has 0 amide bonds. The molecule has 0 saturated carbocycles. The number of aryl methyl sites for hydroxylation is 2. The van der Waals surface area contributed by atoms with Gasteiger partial charge in [-0.15, -0.1) is 11.3 Å². The molecule has 0 aliphatic rings. The second kappa shape index (κ2) is 5.82. The smallest absolute Gasteiger partial charge is 0.197 e. The Bertz CT molecular complexity index is 959. The van der Waals surface area contributed by atoms with E-state index >= 15 is 0 Å². The van der Waals surface area contributed by atoms with Crippen molar-refractivity contribution in [3.05, 3.63) is 57.9 Å². The fourth-order valence-electron chi connectivity index (χ4n) is 2.62. The van der Waals surface area contributed by atoms with E-state index in [4.69, 9.17) is 0 Å². The third-order valence-electron chi connectivity index (χ3n) is 3.83. The molecule has 3 rings (SSSR count). The molecule has 1 unspecified atom stereocenters. The molecule has 2 heterocycles. The summed E-state index contributed by atoms with van der Waals surface area (Å²) >= 11 is 1.30. The number of carbonyl (C=O) groups excluding carboxylic acids is 2. The van der Waals surface area contributed by atoms with Crippen molar-refractivity contribution in [2.75, 3.05) is 0 Å². The lowest BCUT2D eigenvalue weighted by Crippen LogP contribution is -2.22. The Balaban J connectivity index is 2.03. The predicted octanol–water partition coefficient (Wildman–Crippen LogP) is 3.75. The molecule has 0 fully saturated rings. The molecule has 0 radical (unpaired) electrons. The molecule has 0 aliphatic heterocycles. The minimum absolute atomic E-state index is 0.413. The van der Waals surface area contributed by atoms with E-state index in [1.807, 2.05) is 49.0 Å². The highest BCUT2D eigenvalue weighted by Gasteiger charge is 2.30. The number of rotatable bonds is 4. The summed E-state index contributed by atoms with van der Waals surface area (Å²) in [7, 11) is 1.89. The number of nitriles is 1. The standard InChI is InChI=1S/C18H14N2O2S/c1-11-6-7-16(23-11)18(22)14(10-19)17(21)13-4-3-5-15-12(13)8-9-20(15)2/h3-9,14H,1-2H3. The fraction of sp³-hybridized carbons (Fsp3) is 0.167. The molecule has 114 valence electrons. The van der Waals surface area contributed by atoms with Gasteiger partial charge in [0.1, 0.15) is 0 Å². The first kappa shape index (κ1) is 15.2. The van der Waals surface area contributed by atoms with Crippen molar-refractivity contribution in [1.29, 1.82) is 5.26 Å². The van der Waals surface area contributed by atoms with Crippen LogP contribution in [0.2, 0.25) is 0 Å². The highest BCUT2D eigenvalue weighted by atomic mass is 32.1. The summed E-state index contributed by atoms with van der Waals surface area (Å²) < 4.78 is 1.90. The summed E-state index contributed by atoms with van der Waals surface area (Å²) in [4.78, 5) is 26.7.